The molecule has 0 spiro atoms. The normalized spacial score (nSPS) is 34.1. The van der Waals surface area contributed by atoms with Crippen LogP contribution in [0.5, 0.6) is 5.75 Å². The molecule has 6 nitrogen and oxygen atoms in total. The van der Waals surface area contributed by atoms with Crippen LogP contribution in [0.15, 0.2) is 18.2 Å². The van der Waals surface area contributed by atoms with Crippen LogP contribution in [0, 0.1) is 17.3 Å². The standard InChI is InChI=1S/C21H28N2O4/c1-21-9-8-15-14-5-3-13(26-20(23)25)10-12(14)2-4-16(15)17(21)6-7-18(21)27-19(24)11-22/h3,5,10,15-18H,2,4,6-9,11,22H2,1H3,(H2,23,25)/t15-,16-,17+,18+,21+/m1/s1. The maximum Gasteiger partial charge on any atom is 0.409 e. The molecular weight excluding hydrogens is 344 g/mol. The predicted octanol–water partition coefficient (Wildman–Crippen LogP) is 2.87. The topological polar surface area (TPSA) is 105 Å². The van der Waals surface area contributed by atoms with E-state index in [1.807, 2.05) is 12.1 Å². The highest BCUT2D eigenvalue weighted by Gasteiger charge is 2.56. The summed E-state index contributed by atoms with van der Waals surface area (Å²) in [5.41, 5.74) is 13.3. The lowest BCUT2D eigenvalue weighted by atomic mass is 9.55. The van der Waals surface area contributed by atoms with E-state index < -0.39 is 6.09 Å². The van der Waals surface area contributed by atoms with Gasteiger partial charge in [0.1, 0.15) is 11.9 Å². The van der Waals surface area contributed by atoms with Crippen LogP contribution >= 0.6 is 0 Å². The third-order valence-electron chi connectivity index (χ3n) is 7.27. The summed E-state index contributed by atoms with van der Waals surface area (Å²) >= 11 is 0. The van der Waals surface area contributed by atoms with Crippen molar-refractivity contribution in [2.24, 2.45) is 28.7 Å². The third kappa shape index (κ3) is 3.10. The Bertz CT molecular complexity index is 765. The van der Waals surface area contributed by atoms with Gasteiger partial charge in [-0.3, -0.25) is 4.79 Å². The van der Waals surface area contributed by atoms with E-state index in [2.05, 4.69) is 13.0 Å². The molecule has 3 aliphatic carbocycles. The molecule has 0 heterocycles. The van der Waals surface area contributed by atoms with E-state index in [4.69, 9.17) is 20.9 Å². The number of ether oxygens (including phenoxy) is 2. The molecule has 4 rings (SSSR count). The van der Waals surface area contributed by atoms with Gasteiger partial charge in [0.05, 0.1) is 6.54 Å². The van der Waals surface area contributed by atoms with Crippen molar-refractivity contribution in [1.82, 2.24) is 0 Å². The van der Waals surface area contributed by atoms with Gasteiger partial charge in [-0.05, 0) is 79.5 Å². The van der Waals surface area contributed by atoms with Gasteiger partial charge in [0, 0.05) is 5.41 Å². The molecule has 0 unspecified atom stereocenters. The zero-order valence-corrected chi connectivity index (χ0v) is 15.8. The fraction of sp³-hybridized carbons (Fsp3) is 0.619. The van der Waals surface area contributed by atoms with Crippen molar-refractivity contribution in [2.75, 3.05) is 6.54 Å². The average Bonchev–Trinajstić information content (AvgIpc) is 2.97. The van der Waals surface area contributed by atoms with Crippen LogP contribution in [-0.4, -0.2) is 24.7 Å². The molecule has 4 N–H and O–H groups in total. The molecule has 0 aliphatic heterocycles. The van der Waals surface area contributed by atoms with Crippen molar-refractivity contribution in [3.05, 3.63) is 29.3 Å². The Kier molecular flexibility index (Phi) is 4.62. The van der Waals surface area contributed by atoms with Crippen molar-refractivity contribution in [1.29, 1.82) is 0 Å². The molecule has 2 saturated carbocycles. The van der Waals surface area contributed by atoms with Gasteiger partial charge in [-0.15, -0.1) is 0 Å². The van der Waals surface area contributed by atoms with Gasteiger partial charge in [0.25, 0.3) is 0 Å². The summed E-state index contributed by atoms with van der Waals surface area (Å²) in [5.74, 6) is 1.94. The van der Waals surface area contributed by atoms with Crippen LogP contribution < -0.4 is 16.2 Å². The van der Waals surface area contributed by atoms with E-state index in [9.17, 15) is 9.59 Å². The number of esters is 1. The van der Waals surface area contributed by atoms with Crippen LogP contribution in [0.3, 0.4) is 0 Å². The zero-order chi connectivity index (χ0) is 19.2. The molecule has 1 aromatic carbocycles. The monoisotopic (exact) mass is 372 g/mol. The Morgan fingerprint density at radius 2 is 2.04 bits per heavy atom. The summed E-state index contributed by atoms with van der Waals surface area (Å²) in [6.45, 7) is 2.25. The summed E-state index contributed by atoms with van der Waals surface area (Å²) in [7, 11) is 0. The van der Waals surface area contributed by atoms with E-state index in [0.29, 0.717) is 23.5 Å². The number of primary amides is 1. The van der Waals surface area contributed by atoms with E-state index >= 15 is 0 Å². The molecule has 0 saturated heterocycles. The van der Waals surface area contributed by atoms with Gasteiger partial charge in [0.2, 0.25) is 0 Å². The van der Waals surface area contributed by atoms with Crippen molar-refractivity contribution in [3.8, 4) is 5.75 Å². The summed E-state index contributed by atoms with van der Waals surface area (Å²) < 4.78 is 10.8. The SMILES string of the molecule is C[C@]12CC[C@@H]3c4ccc(OC(N)=O)cc4CC[C@H]3[C@@H]1CC[C@@H]2OC(=O)CN. The van der Waals surface area contributed by atoms with Gasteiger partial charge in [-0.2, -0.15) is 0 Å². The lowest BCUT2D eigenvalue weighted by Crippen LogP contribution is -2.45. The lowest BCUT2D eigenvalue weighted by Gasteiger charge is -2.50. The van der Waals surface area contributed by atoms with Crippen molar-refractivity contribution in [3.63, 3.8) is 0 Å². The molecular formula is C21H28N2O4. The first-order valence-corrected chi connectivity index (χ1v) is 9.92. The first-order valence-electron chi connectivity index (χ1n) is 9.92. The molecule has 0 radical (unpaired) electrons. The maximum atomic E-state index is 11.7. The van der Waals surface area contributed by atoms with Crippen LogP contribution in [0.2, 0.25) is 0 Å². The van der Waals surface area contributed by atoms with E-state index in [-0.39, 0.29) is 24.0 Å². The molecule has 3 aliphatic rings. The third-order valence-corrected chi connectivity index (χ3v) is 7.27. The molecule has 0 bridgehead atoms. The highest BCUT2D eigenvalue weighted by Crippen LogP contribution is 2.61. The van der Waals surface area contributed by atoms with Crippen molar-refractivity contribution in [2.45, 2.75) is 57.5 Å². The van der Waals surface area contributed by atoms with Gasteiger partial charge in [-0.1, -0.05) is 13.0 Å². The molecule has 0 aromatic heterocycles. The Labute approximate surface area is 159 Å². The highest BCUT2D eigenvalue weighted by atomic mass is 16.5. The number of hydrogen-bond acceptors (Lipinski definition) is 5. The van der Waals surface area contributed by atoms with Crippen LogP contribution in [0.1, 0.15) is 56.1 Å². The fourth-order valence-corrected chi connectivity index (χ4v) is 6.09. The second-order valence-corrected chi connectivity index (χ2v) is 8.50. The zero-order valence-electron chi connectivity index (χ0n) is 15.8. The summed E-state index contributed by atoms with van der Waals surface area (Å²) in [6, 6.07) is 5.92. The van der Waals surface area contributed by atoms with Gasteiger partial charge in [0.15, 0.2) is 0 Å². The van der Waals surface area contributed by atoms with Gasteiger partial charge >= 0.3 is 12.1 Å². The summed E-state index contributed by atoms with van der Waals surface area (Å²) in [5, 5.41) is 0. The highest BCUT2D eigenvalue weighted by molar-refractivity contribution is 5.71. The number of carbonyl (C=O) groups is 2. The number of carbonyl (C=O) groups excluding carboxylic acids is 2. The second kappa shape index (κ2) is 6.82. The predicted molar refractivity (Wildman–Crippen MR) is 100 cm³/mol. The lowest BCUT2D eigenvalue weighted by molar-refractivity contribution is -0.155. The van der Waals surface area contributed by atoms with Crippen molar-refractivity contribution < 1.29 is 19.1 Å². The number of hydrogen-bond donors (Lipinski definition) is 2. The molecule has 2 fully saturated rings. The fourth-order valence-electron chi connectivity index (χ4n) is 6.09. The molecule has 1 amide bonds. The second-order valence-electron chi connectivity index (χ2n) is 8.50. The molecule has 1 aromatic rings. The van der Waals surface area contributed by atoms with E-state index in [1.54, 1.807) is 0 Å². The van der Waals surface area contributed by atoms with Crippen LogP contribution in [0.4, 0.5) is 4.79 Å². The first kappa shape index (κ1) is 18.3. The largest absolute Gasteiger partial charge is 0.461 e. The Morgan fingerprint density at radius 1 is 1.22 bits per heavy atom. The Hall–Kier alpha value is -2.08. The number of rotatable bonds is 3. The average molecular weight is 372 g/mol. The number of amides is 1. The van der Waals surface area contributed by atoms with Gasteiger partial charge < -0.3 is 20.9 Å². The molecule has 27 heavy (non-hydrogen) atoms. The van der Waals surface area contributed by atoms with Crippen LogP contribution in [0.25, 0.3) is 0 Å². The summed E-state index contributed by atoms with van der Waals surface area (Å²) in [4.78, 5) is 22.8. The number of benzene rings is 1. The Morgan fingerprint density at radius 3 is 2.78 bits per heavy atom. The Balaban J connectivity index is 1.56. The molecule has 6 heteroatoms. The molecule has 5 atom stereocenters. The maximum absolute atomic E-state index is 11.7. The molecule has 146 valence electrons. The minimum absolute atomic E-state index is 0.00719. The number of fused-ring (bicyclic) bond motifs is 5. The minimum Gasteiger partial charge on any atom is -0.461 e. The smallest absolute Gasteiger partial charge is 0.409 e. The summed E-state index contributed by atoms with van der Waals surface area (Å²) in [6.07, 6.45) is 5.51. The first-order chi connectivity index (χ1) is 12.9. The van der Waals surface area contributed by atoms with Crippen molar-refractivity contribution >= 4 is 12.1 Å². The van der Waals surface area contributed by atoms with Gasteiger partial charge in [-0.25, -0.2) is 4.79 Å². The van der Waals surface area contributed by atoms with Crippen LogP contribution in [-0.2, 0) is 16.0 Å². The minimum atomic E-state index is -0.777. The van der Waals surface area contributed by atoms with E-state index in [1.165, 1.54) is 11.1 Å². The number of aryl methyl sites for hydroxylation is 1. The number of nitrogens with two attached hydrogens (primary N) is 2. The quantitative estimate of drug-likeness (QED) is 0.794. The van der Waals surface area contributed by atoms with E-state index in [0.717, 1.165) is 38.5 Å².